The molecule has 0 aliphatic carbocycles. The molecule has 0 amide bonds. The summed E-state index contributed by atoms with van der Waals surface area (Å²) in [5.41, 5.74) is 7.03. The van der Waals surface area contributed by atoms with Crippen LogP contribution in [-0.2, 0) is 5.41 Å². The van der Waals surface area contributed by atoms with E-state index in [9.17, 15) is 0 Å². The molecule has 0 bridgehead atoms. The molecular formula is C13H21NO. The first-order valence-electron chi connectivity index (χ1n) is 5.45. The van der Waals surface area contributed by atoms with Crippen LogP contribution in [0, 0.1) is 0 Å². The number of ether oxygens (including phenoxy) is 1. The maximum absolute atomic E-state index is 5.55. The van der Waals surface area contributed by atoms with Gasteiger partial charge in [0.2, 0.25) is 0 Å². The second-order valence-electron chi connectivity index (χ2n) is 4.51. The van der Waals surface area contributed by atoms with Crippen LogP contribution >= 0.6 is 0 Å². The molecule has 0 fully saturated rings. The van der Waals surface area contributed by atoms with Gasteiger partial charge in [-0.05, 0) is 42.5 Å². The Kier molecular flexibility index (Phi) is 4.15. The molecule has 15 heavy (non-hydrogen) atoms. The van der Waals surface area contributed by atoms with E-state index < -0.39 is 0 Å². The molecule has 0 aliphatic rings. The van der Waals surface area contributed by atoms with Crippen LogP contribution in [0.2, 0.25) is 0 Å². The van der Waals surface area contributed by atoms with E-state index in [1.165, 1.54) is 5.56 Å². The predicted octanol–water partition coefficient (Wildman–Crippen LogP) is 2.71. The van der Waals surface area contributed by atoms with Gasteiger partial charge in [-0.1, -0.05) is 26.0 Å². The van der Waals surface area contributed by atoms with Crippen molar-refractivity contribution in [3.63, 3.8) is 0 Å². The van der Waals surface area contributed by atoms with E-state index in [2.05, 4.69) is 26.0 Å². The second kappa shape index (κ2) is 5.17. The van der Waals surface area contributed by atoms with Crippen LogP contribution < -0.4 is 10.5 Å². The minimum absolute atomic E-state index is 0.175. The number of hydrogen-bond donors (Lipinski definition) is 1. The summed E-state index contributed by atoms with van der Waals surface area (Å²) in [5.74, 6) is 0.924. The largest absolute Gasteiger partial charge is 0.497 e. The summed E-state index contributed by atoms with van der Waals surface area (Å²) in [7, 11) is 1.70. The van der Waals surface area contributed by atoms with E-state index in [4.69, 9.17) is 10.5 Å². The van der Waals surface area contributed by atoms with Crippen molar-refractivity contribution in [3.05, 3.63) is 29.8 Å². The number of hydrogen-bond acceptors (Lipinski definition) is 2. The van der Waals surface area contributed by atoms with Crippen molar-refractivity contribution in [2.75, 3.05) is 13.7 Å². The van der Waals surface area contributed by atoms with Gasteiger partial charge in [0.05, 0.1) is 7.11 Å². The van der Waals surface area contributed by atoms with Gasteiger partial charge in [-0.25, -0.2) is 0 Å². The normalized spacial score (nSPS) is 11.5. The van der Waals surface area contributed by atoms with E-state index >= 15 is 0 Å². The van der Waals surface area contributed by atoms with Crippen LogP contribution in [0.15, 0.2) is 24.3 Å². The summed E-state index contributed by atoms with van der Waals surface area (Å²) in [4.78, 5) is 0. The lowest BCUT2D eigenvalue weighted by atomic mass is 9.80. The molecular weight excluding hydrogens is 186 g/mol. The molecule has 1 rings (SSSR count). The summed E-state index contributed by atoms with van der Waals surface area (Å²) in [6.45, 7) is 5.25. The Labute approximate surface area is 92.4 Å². The molecule has 2 N–H and O–H groups in total. The Morgan fingerprint density at radius 2 is 2.07 bits per heavy atom. The predicted molar refractivity (Wildman–Crippen MR) is 64.3 cm³/mol. The standard InChI is InChI=1S/C13H21NO/c1-13(2,8-5-9-14)11-6-4-7-12(10-11)15-3/h4,6-7,10H,5,8-9,14H2,1-3H3. The number of rotatable bonds is 5. The second-order valence-corrected chi connectivity index (χ2v) is 4.51. The van der Waals surface area contributed by atoms with Gasteiger partial charge in [-0.2, -0.15) is 0 Å². The molecule has 1 aromatic carbocycles. The molecule has 0 atom stereocenters. The van der Waals surface area contributed by atoms with Crippen molar-refractivity contribution in [3.8, 4) is 5.75 Å². The summed E-state index contributed by atoms with van der Waals surface area (Å²) < 4.78 is 5.23. The Morgan fingerprint density at radius 3 is 2.67 bits per heavy atom. The fourth-order valence-electron chi connectivity index (χ4n) is 1.73. The van der Waals surface area contributed by atoms with Gasteiger partial charge < -0.3 is 10.5 Å². The van der Waals surface area contributed by atoms with E-state index in [1.54, 1.807) is 7.11 Å². The summed E-state index contributed by atoms with van der Waals surface area (Å²) in [6, 6.07) is 8.27. The van der Waals surface area contributed by atoms with Gasteiger partial charge in [0.1, 0.15) is 5.75 Å². The number of benzene rings is 1. The quantitative estimate of drug-likeness (QED) is 0.805. The molecule has 2 nitrogen and oxygen atoms in total. The maximum atomic E-state index is 5.55. The lowest BCUT2D eigenvalue weighted by Gasteiger charge is -2.25. The average molecular weight is 207 g/mol. The van der Waals surface area contributed by atoms with Crippen molar-refractivity contribution in [1.82, 2.24) is 0 Å². The zero-order chi connectivity index (χ0) is 11.3. The molecule has 0 heterocycles. The molecule has 0 saturated carbocycles. The van der Waals surface area contributed by atoms with Crippen molar-refractivity contribution < 1.29 is 4.74 Å². The maximum Gasteiger partial charge on any atom is 0.119 e. The minimum Gasteiger partial charge on any atom is -0.497 e. The van der Waals surface area contributed by atoms with Crippen LogP contribution in [0.3, 0.4) is 0 Å². The van der Waals surface area contributed by atoms with Crippen LogP contribution in [0.5, 0.6) is 5.75 Å². The first-order valence-corrected chi connectivity index (χ1v) is 5.45. The molecule has 0 spiro atoms. The Balaban J connectivity index is 2.83. The van der Waals surface area contributed by atoms with Gasteiger partial charge >= 0.3 is 0 Å². The molecule has 0 aliphatic heterocycles. The van der Waals surface area contributed by atoms with Crippen LogP contribution in [0.1, 0.15) is 32.3 Å². The third-order valence-electron chi connectivity index (χ3n) is 2.86. The highest BCUT2D eigenvalue weighted by Crippen LogP contribution is 2.30. The Hall–Kier alpha value is -1.02. The summed E-state index contributed by atoms with van der Waals surface area (Å²) in [5, 5.41) is 0. The smallest absolute Gasteiger partial charge is 0.119 e. The lowest BCUT2D eigenvalue weighted by molar-refractivity contribution is 0.409. The minimum atomic E-state index is 0.175. The highest BCUT2D eigenvalue weighted by Gasteiger charge is 2.19. The Bertz CT molecular complexity index is 307. The molecule has 2 heteroatoms. The van der Waals surface area contributed by atoms with Gasteiger partial charge in [-0.3, -0.25) is 0 Å². The molecule has 0 radical (unpaired) electrons. The Morgan fingerprint density at radius 1 is 1.33 bits per heavy atom. The van der Waals surface area contributed by atoms with Gasteiger partial charge in [0, 0.05) is 0 Å². The first-order chi connectivity index (χ1) is 7.10. The van der Waals surface area contributed by atoms with Gasteiger partial charge in [-0.15, -0.1) is 0 Å². The SMILES string of the molecule is COc1cccc(C(C)(C)CCCN)c1. The molecule has 0 unspecified atom stereocenters. The molecule has 0 aromatic heterocycles. The number of nitrogens with two attached hydrogens (primary N) is 1. The van der Waals surface area contributed by atoms with Crippen molar-refractivity contribution in [2.24, 2.45) is 5.73 Å². The van der Waals surface area contributed by atoms with E-state index in [0.717, 1.165) is 25.1 Å². The number of methoxy groups -OCH3 is 1. The fourth-order valence-corrected chi connectivity index (χ4v) is 1.73. The van der Waals surface area contributed by atoms with E-state index in [1.807, 2.05) is 12.1 Å². The highest BCUT2D eigenvalue weighted by molar-refractivity contribution is 5.32. The van der Waals surface area contributed by atoms with Gasteiger partial charge in [0.25, 0.3) is 0 Å². The highest BCUT2D eigenvalue weighted by atomic mass is 16.5. The van der Waals surface area contributed by atoms with Crippen molar-refractivity contribution in [1.29, 1.82) is 0 Å². The first kappa shape index (κ1) is 12.1. The van der Waals surface area contributed by atoms with E-state index in [0.29, 0.717) is 0 Å². The van der Waals surface area contributed by atoms with Crippen molar-refractivity contribution >= 4 is 0 Å². The molecule has 1 aromatic rings. The van der Waals surface area contributed by atoms with Gasteiger partial charge in [0.15, 0.2) is 0 Å². The third-order valence-corrected chi connectivity index (χ3v) is 2.86. The zero-order valence-electron chi connectivity index (χ0n) is 9.92. The van der Waals surface area contributed by atoms with E-state index in [-0.39, 0.29) is 5.41 Å². The topological polar surface area (TPSA) is 35.2 Å². The zero-order valence-corrected chi connectivity index (χ0v) is 9.92. The van der Waals surface area contributed by atoms with Crippen LogP contribution in [0.25, 0.3) is 0 Å². The molecule has 84 valence electrons. The fraction of sp³-hybridized carbons (Fsp3) is 0.538. The van der Waals surface area contributed by atoms with Crippen molar-refractivity contribution in [2.45, 2.75) is 32.1 Å². The third kappa shape index (κ3) is 3.24. The summed E-state index contributed by atoms with van der Waals surface area (Å²) >= 11 is 0. The summed E-state index contributed by atoms with van der Waals surface area (Å²) in [6.07, 6.45) is 2.17. The van der Waals surface area contributed by atoms with Crippen LogP contribution in [-0.4, -0.2) is 13.7 Å². The lowest BCUT2D eigenvalue weighted by Crippen LogP contribution is -2.18. The average Bonchev–Trinajstić information content (AvgIpc) is 2.26. The monoisotopic (exact) mass is 207 g/mol. The van der Waals surface area contributed by atoms with Crippen LogP contribution in [0.4, 0.5) is 0 Å². The molecule has 0 saturated heterocycles.